The number of hydrogen-bond donors (Lipinski definition) is 1. The molecule has 8 heteroatoms. The Morgan fingerprint density at radius 3 is 2.54 bits per heavy atom. The standard InChI is InChI=1S/C29H24Cl2N2O3S/c1-16(2)22-13-32-33(28-24(30)5-4-6-25(28)31)26(22)14-36-19-8-10-20(17(3)11-19)18-7-9-21-23(29(34)35)15-37-27(21)12-18/h4-13,15-16H,14H2,1-3H3,(H,34,35). The maximum Gasteiger partial charge on any atom is 0.337 e. The molecule has 0 spiro atoms. The summed E-state index contributed by atoms with van der Waals surface area (Å²) in [5, 5.41) is 17.4. The van der Waals surface area contributed by atoms with Gasteiger partial charge in [-0.1, -0.05) is 61.3 Å². The van der Waals surface area contributed by atoms with Gasteiger partial charge in [-0.3, -0.25) is 0 Å². The van der Waals surface area contributed by atoms with Crippen molar-refractivity contribution in [3.63, 3.8) is 0 Å². The summed E-state index contributed by atoms with van der Waals surface area (Å²) < 4.78 is 8.96. The first kappa shape index (κ1) is 25.3. The van der Waals surface area contributed by atoms with E-state index in [1.54, 1.807) is 22.2 Å². The molecule has 0 fully saturated rings. The van der Waals surface area contributed by atoms with Crippen LogP contribution in [0.25, 0.3) is 26.9 Å². The van der Waals surface area contributed by atoms with Gasteiger partial charge in [-0.15, -0.1) is 11.3 Å². The minimum atomic E-state index is -0.907. The lowest BCUT2D eigenvalue weighted by molar-refractivity contribution is 0.0699. The third-order valence-electron chi connectivity index (χ3n) is 6.36. The second-order valence-corrected chi connectivity index (χ2v) is 10.8. The molecule has 0 aliphatic heterocycles. The molecule has 2 aromatic heterocycles. The zero-order valence-corrected chi connectivity index (χ0v) is 22.8. The first-order chi connectivity index (χ1) is 17.7. The molecule has 0 saturated carbocycles. The zero-order valence-electron chi connectivity index (χ0n) is 20.5. The molecular formula is C29H24Cl2N2O3S. The van der Waals surface area contributed by atoms with Crippen LogP contribution < -0.4 is 4.74 Å². The SMILES string of the molecule is Cc1cc(OCc2c(C(C)C)cnn2-c2c(Cl)cccc2Cl)ccc1-c1ccc2c(C(=O)O)csc2c1. The average molecular weight is 551 g/mol. The molecule has 0 amide bonds. The molecular weight excluding hydrogens is 527 g/mol. The summed E-state index contributed by atoms with van der Waals surface area (Å²) in [7, 11) is 0. The van der Waals surface area contributed by atoms with Gasteiger partial charge in [0.2, 0.25) is 0 Å². The molecule has 37 heavy (non-hydrogen) atoms. The fourth-order valence-corrected chi connectivity index (χ4v) is 5.99. The predicted molar refractivity (Wildman–Crippen MR) is 151 cm³/mol. The van der Waals surface area contributed by atoms with Crippen LogP contribution in [0.3, 0.4) is 0 Å². The van der Waals surface area contributed by atoms with Gasteiger partial charge in [-0.25, -0.2) is 9.48 Å². The summed E-state index contributed by atoms with van der Waals surface area (Å²) in [6.45, 7) is 6.56. The van der Waals surface area contributed by atoms with Gasteiger partial charge in [0.1, 0.15) is 18.0 Å². The van der Waals surface area contributed by atoms with Crippen LogP contribution in [0.5, 0.6) is 5.75 Å². The van der Waals surface area contributed by atoms with E-state index in [0.29, 0.717) is 27.9 Å². The second kappa shape index (κ2) is 10.2. The third kappa shape index (κ3) is 4.85. The Bertz CT molecular complexity index is 1620. The van der Waals surface area contributed by atoms with Gasteiger partial charge in [-0.05, 0) is 65.4 Å². The van der Waals surface area contributed by atoms with Crippen LogP contribution in [-0.4, -0.2) is 20.9 Å². The molecule has 0 unspecified atom stereocenters. The number of hydrogen-bond acceptors (Lipinski definition) is 4. The van der Waals surface area contributed by atoms with E-state index in [-0.39, 0.29) is 5.92 Å². The number of rotatable bonds is 7. The molecule has 0 aliphatic rings. The van der Waals surface area contributed by atoms with Gasteiger partial charge in [0.05, 0.1) is 27.5 Å². The van der Waals surface area contributed by atoms with Crippen LogP contribution in [-0.2, 0) is 6.61 Å². The van der Waals surface area contributed by atoms with Crippen LogP contribution in [0.2, 0.25) is 10.0 Å². The van der Waals surface area contributed by atoms with Gasteiger partial charge >= 0.3 is 5.97 Å². The maximum absolute atomic E-state index is 11.4. The summed E-state index contributed by atoms with van der Waals surface area (Å²) in [5.41, 5.74) is 6.08. The molecule has 2 heterocycles. The zero-order chi connectivity index (χ0) is 26.3. The number of para-hydroxylation sites is 1. The molecule has 0 radical (unpaired) electrons. The molecule has 5 nitrogen and oxygen atoms in total. The lowest BCUT2D eigenvalue weighted by Crippen LogP contribution is -2.09. The maximum atomic E-state index is 11.4. The number of fused-ring (bicyclic) bond motifs is 1. The fraction of sp³-hybridized carbons (Fsp3) is 0.172. The summed E-state index contributed by atoms with van der Waals surface area (Å²) >= 11 is 14.4. The fourth-order valence-electron chi connectivity index (χ4n) is 4.46. The van der Waals surface area contributed by atoms with Crippen molar-refractivity contribution < 1.29 is 14.6 Å². The summed E-state index contributed by atoms with van der Waals surface area (Å²) in [6.07, 6.45) is 1.84. The normalized spacial score (nSPS) is 11.4. The molecule has 5 rings (SSSR count). The van der Waals surface area contributed by atoms with Crippen molar-refractivity contribution in [2.24, 2.45) is 0 Å². The van der Waals surface area contributed by atoms with Gasteiger partial charge in [-0.2, -0.15) is 5.10 Å². The smallest absolute Gasteiger partial charge is 0.337 e. The molecule has 188 valence electrons. The topological polar surface area (TPSA) is 64.4 Å². The van der Waals surface area contributed by atoms with Crippen molar-refractivity contribution in [2.45, 2.75) is 33.3 Å². The number of benzene rings is 3. The lowest BCUT2D eigenvalue weighted by atomic mass is 9.99. The second-order valence-electron chi connectivity index (χ2n) is 9.11. The van der Waals surface area contributed by atoms with E-state index in [1.807, 2.05) is 55.6 Å². The summed E-state index contributed by atoms with van der Waals surface area (Å²) in [4.78, 5) is 11.4. The highest BCUT2D eigenvalue weighted by Crippen LogP contribution is 2.35. The summed E-state index contributed by atoms with van der Waals surface area (Å²) in [5.74, 6) is 0.0707. The van der Waals surface area contributed by atoms with Gasteiger partial charge in [0, 0.05) is 15.5 Å². The number of halogens is 2. The average Bonchev–Trinajstić information content (AvgIpc) is 3.47. The van der Waals surface area contributed by atoms with Crippen molar-refractivity contribution in [2.75, 3.05) is 0 Å². The van der Waals surface area contributed by atoms with Crippen LogP contribution in [0.4, 0.5) is 0 Å². The summed E-state index contributed by atoms with van der Waals surface area (Å²) in [6, 6.07) is 17.3. The quantitative estimate of drug-likeness (QED) is 0.220. The Morgan fingerprint density at radius 1 is 1.11 bits per heavy atom. The van der Waals surface area contributed by atoms with Crippen LogP contribution in [0.15, 0.2) is 66.2 Å². The molecule has 0 aliphatic carbocycles. The molecule has 3 aromatic carbocycles. The van der Waals surface area contributed by atoms with Crippen molar-refractivity contribution in [3.05, 3.63) is 98.6 Å². The van der Waals surface area contributed by atoms with Gasteiger partial charge in [0.25, 0.3) is 0 Å². The predicted octanol–water partition coefficient (Wildman–Crippen LogP) is 8.77. The Labute approximate surface area is 228 Å². The van der Waals surface area contributed by atoms with E-state index in [9.17, 15) is 9.90 Å². The Hall–Kier alpha value is -3.32. The third-order valence-corrected chi connectivity index (χ3v) is 7.92. The van der Waals surface area contributed by atoms with E-state index >= 15 is 0 Å². The van der Waals surface area contributed by atoms with Crippen LogP contribution in [0, 0.1) is 6.92 Å². The van der Waals surface area contributed by atoms with E-state index < -0.39 is 5.97 Å². The monoisotopic (exact) mass is 550 g/mol. The van der Waals surface area contributed by atoms with Crippen molar-refractivity contribution in [3.8, 4) is 22.6 Å². The van der Waals surface area contributed by atoms with Gasteiger partial charge in [0.15, 0.2) is 0 Å². The molecule has 0 saturated heterocycles. The van der Waals surface area contributed by atoms with Crippen molar-refractivity contribution >= 4 is 50.6 Å². The minimum absolute atomic E-state index is 0.242. The number of aromatic nitrogens is 2. The molecule has 1 N–H and O–H groups in total. The Kier molecular flexibility index (Phi) is 6.99. The first-order valence-electron chi connectivity index (χ1n) is 11.7. The van der Waals surface area contributed by atoms with Crippen molar-refractivity contribution in [1.29, 1.82) is 0 Å². The number of ether oxygens (including phenoxy) is 1. The highest BCUT2D eigenvalue weighted by atomic mass is 35.5. The van der Waals surface area contributed by atoms with Crippen LogP contribution >= 0.6 is 34.5 Å². The number of thiophene rings is 1. The molecule has 0 bridgehead atoms. The number of carbonyl (C=O) groups is 1. The van der Waals surface area contributed by atoms with E-state index in [1.165, 1.54) is 11.3 Å². The molecule has 0 atom stereocenters. The Morgan fingerprint density at radius 2 is 1.86 bits per heavy atom. The van der Waals surface area contributed by atoms with E-state index in [2.05, 4.69) is 18.9 Å². The molecule has 5 aromatic rings. The first-order valence-corrected chi connectivity index (χ1v) is 13.4. The number of aryl methyl sites for hydroxylation is 1. The highest BCUT2D eigenvalue weighted by molar-refractivity contribution is 7.17. The number of nitrogens with zero attached hydrogens (tertiary/aromatic N) is 2. The lowest BCUT2D eigenvalue weighted by Gasteiger charge is -2.15. The largest absolute Gasteiger partial charge is 0.487 e. The van der Waals surface area contributed by atoms with E-state index in [4.69, 9.17) is 27.9 Å². The highest BCUT2D eigenvalue weighted by Gasteiger charge is 2.19. The number of aromatic carboxylic acids is 1. The minimum Gasteiger partial charge on any atom is -0.487 e. The van der Waals surface area contributed by atoms with Crippen LogP contribution in [0.1, 0.15) is 46.9 Å². The van der Waals surface area contributed by atoms with E-state index in [0.717, 1.165) is 43.8 Å². The van der Waals surface area contributed by atoms with Crippen molar-refractivity contribution in [1.82, 2.24) is 9.78 Å². The number of carboxylic acids is 1. The number of carboxylic acid groups (broad SMARTS) is 1. The Balaban J connectivity index is 1.43. The van der Waals surface area contributed by atoms with Gasteiger partial charge < -0.3 is 9.84 Å².